The predicted octanol–water partition coefficient (Wildman–Crippen LogP) is 2.27. The highest BCUT2D eigenvalue weighted by Crippen LogP contribution is 2.33. The first-order valence-electron chi connectivity index (χ1n) is 7.53. The van der Waals surface area contributed by atoms with Gasteiger partial charge in [-0.15, -0.1) is 0 Å². The molecule has 3 nitrogen and oxygen atoms in total. The van der Waals surface area contributed by atoms with E-state index in [0.29, 0.717) is 35.7 Å². The Morgan fingerprint density at radius 2 is 1.94 bits per heavy atom. The summed E-state index contributed by atoms with van der Waals surface area (Å²) in [6.45, 7) is 10.8. The van der Waals surface area contributed by atoms with Gasteiger partial charge in [0.1, 0.15) is 0 Å². The monoisotopic (exact) mass is 252 g/mol. The van der Waals surface area contributed by atoms with Crippen molar-refractivity contribution in [2.24, 2.45) is 17.8 Å². The standard InChI is InChI=1S/C15H28N2O/c1-10(2)7-13-8-16-14(11(3)4)9-17(13)15(18)12-5-6-12/h10-14,16H,5-9H2,1-4H3. The lowest BCUT2D eigenvalue weighted by molar-refractivity contribution is -0.137. The van der Waals surface area contributed by atoms with Crippen LogP contribution < -0.4 is 5.32 Å². The van der Waals surface area contributed by atoms with Crippen LogP contribution in [-0.4, -0.2) is 36.0 Å². The minimum Gasteiger partial charge on any atom is -0.337 e. The molecule has 1 saturated heterocycles. The Morgan fingerprint density at radius 3 is 2.44 bits per heavy atom. The maximum absolute atomic E-state index is 12.4. The highest BCUT2D eigenvalue weighted by atomic mass is 16.2. The Hall–Kier alpha value is -0.570. The van der Waals surface area contributed by atoms with Crippen LogP contribution in [0.2, 0.25) is 0 Å². The third kappa shape index (κ3) is 3.25. The first-order valence-corrected chi connectivity index (χ1v) is 7.53. The van der Waals surface area contributed by atoms with Gasteiger partial charge in [-0.2, -0.15) is 0 Å². The van der Waals surface area contributed by atoms with Gasteiger partial charge in [-0.1, -0.05) is 27.7 Å². The number of nitrogens with one attached hydrogen (secondary N) is 1. The summed E-state index contributed by atoms with van der Waals surface area (Å²) in [5.41, 5.74) is 0. The van der Waals surface area contributed by atoms with Gasteiger partial charge in [-0.3, -0.25) is 4.79 Å². The Balaban J connectivity index is 2.02. The summed E-state index contributed by atoms with van der Waals surface area (Å²) in [4.78, 5) is 14.6. The molecule has 1 amide bonds. The smallest absolute Gasteiger partial charge is 0.226 e. The Kier molecular flexibility index (Phi) is 4.31. The van der Waals surface area contributed by atoms with Crippen LogP contribution in [0.5, 0.6) is 0 Å². The van der Waals surface area contributed by atoms with Crippen molar-refractivity contribution in [2.45, 2.75) is 59.0 Å². The third-order valence-electron chi connectivity index (χ3n) is 4.21. The zero-order valence-electron chi connectivity index (χ0n) is 12.3. The first kappa shape index (κ1) is 13.9. The zero-order valence-corrected chi connectivity index (χ0v) is 12.3. The summed E-state index contributed by atoms with van der Waals surface area (Å²) in [5, 5.41) is 3.62. The second kappa shape index (κ2) is 5.60. The average Bonchev–Trinajstić information content (AvgIpc) is 3.11. The predicted molar refractivity (Wildman–Crippen MR) is 74.3 cm³/mol. The highest BCUT2D eigenvalue weighted by molar-refractivity contribution is 5.81. The van der Waals surface area contributed by atoms with Gasteiger partial charge in [0, 0.05) is 31.1 Å². The SMILES string of the molecule is CC(C)CC1CNC(C(C)C)CN1C(=O)C1CC1. The van der Waals surface area contributed by atoms with Crippen molar-refractivity contribution in [1.29, 1.82) is 0 Å². The molecule has 0 bridgehead atoms. The number of carbonyl (C=O) groups is 1. The van der Waals surface area contributed by atoms with E-state index in [2.05, 4.69) is 37.9 Å². The van der Waals surface area contributed by atoms with Gasteiger partial charge in [-0.05, 0) is 31.1 Å². The molecule has 2 fully saturated rings. The van der Waals surface area contributed by atoms with Gasteiger partial charge in [0.2, 0.25) is 5.91 Å². The van der Waals surface area contributed by atoms with Gasteiger partial charge in [-0.25, -0.2) is 0 Å². The second-order valence-electron chi connectivity index (χ2n) is 6.81. The molecule has 2 aliphatic rings. The molecule has 0 spiro atoms. The van der Waals surface area contributed by atoms with Crippen molar-refractivity contribution in [1.82, 2.24) is 10.2 Å². The number of nitrogens with zero attached hydrogens (tertiary/aromatic N) is 1. The van der Waals surface area contributed by atoms with Crippen LogP contribution in [0.3, 0.4) is 0 Å². The zero-order chi connectivity index (χ0) is 13.3. The van der Waals surface area contributed by atoms with Crippen molar-refractivity contribution in [3.8, 4) is 0 Å². The van der Waals surface area contributed by atoms with Crippen LogP contribution >= 0.6 is 0 Å². The second-order valence-corrected chi connectivity index (χ2v) is 6.81. The number of hydrogen-bond acceptors (Lipinski definition) is 2. The summed E-state index contributed by atoms with van der Waals surface area (Å²) in [6, 6.07) is 0.879. The molecule has 2 atom stereocenters. The summed E-state index contributed by atoms with van der Waals surface area (Å²) in [7, 11) is 0. The summed E-state index contributed by atoms with van der Waals surface area (Å²) >= 11 is 0. The molecule has 1 heterocycles. The lowest BCUT2D eigenvalue weighted by Gasteiger charge is -2.42. The van der Waals surface area contributed by atoms with E-state index in [1.807, 2.05) is 0 Å². The van der Waals surface area contributed by atoms with Crippen LogP contribution in [0.1, 0.15) is 47.0 Å². The number of piperazine rings is 1. The summed E-state index contributed by atoms with van der Waals surface area (Å²) in [6.07, 6.45) is 3.35. The Bertz CT molecular complexity index is 297. The fourth-order valence-electron chi connectivity index (χ4n) is 2.86. The van der Waals surface area contributed by atoms with Crippen LogP contribution in [0, 0.1) is 17.8 Å². The van der Waals surface area contributed by atoms with E-state index in [1.54, 1.807) is 0 Å². The van der Waals surface area contributed by atoms with Gasteiger partial charge < -0.3 is 10.2 Å². The van der Waals surface area contributed by atoms with Crippen LogP contribution in [0.4, 0.5) is 0 Å². The van der Waals surface area contributed by atoms with E-state index in [9.17, 15) is 4.79 Å². The third-order valence-corrected chi connectivity index (χ3v) is 4.21. The maximum Gasteiger partial charge on any atom is 0.226 e. The number of rotatable bonds is 4. The molecule has 1 N–H and O–H groups in total. The van der Waals surface area contributed by atoms with E-state index in [0.717, 1.165) is 32.4 Å². The van der Waals surface area contributed by atoms with E-state index >= 15 is 0 Å². The Morgan fingerprint density at radius 1 is 1.28 bits per heavy atom. The van der Waals surface area contributed by atoms with Crippen molar-refractivity contribution < 1.29 is 4.79 Å². The van der Waals surface area contributed by atoms with Crippen molar-refractivity contribution in [3.63, 3.8) is 0 Å². The molecule has 0 radical (unpaired) electrons. The minimum atomic E-state index is 0.352. The summed E-state index contributed by atoms with van der Waals surface area (Å²) in [5.74, 6) is 2.03. The van der Waals surface area contributed by atoms with E-state index < -0.39 is 0 Å². The molecule has 18 heavy (non-hydrogen) atoms. The minimum absolute atomic E-state index is 0.352. The van der Waals surface area contributed by atoms with Crippen molar-refractivity contribution in [2.75, 3.05) is 13.1 Å². The molecular formula is C15H28N2O. The molecule has 3 heteroatoms. The van der Waals surface area contributed by atoms with Gasteiger partial charge in [0.15, 0.2) is 0 Å². The van der Waals surface area contributed by atoms with Gasteiger partial charge >= 0.3 is 0 Å². The molecule has 2 rings (SSSR count). The molecule has 1 saturated carbocycles. The molecule has 0 aromatic carbocycles. The maximum atomic E-state index is 12.4. The van der Waals surface area contributed by atoms with E-state index in [4.69, 9.17) is 0 Å². The molecule has 0 aromatic heterocycles. The van der Waals surface area contributed by atoms with E-state index in [-0.39, 0.29) is 0 Å². The fraction of sp³-hybridized carbons (Fsp3) is 0.933. The molecule has 1 aliphatic carbocycles. The normalized spacial score (nSPS) is 29.1. The quantitative estimate of drug-likeness (QED) is 0.832. The van der Waals surface area contributed by atoms with Gasteiger partial charge in [0.05, 0.1) is 0 Å². The van der Waals surface area contributed by atoms with Crippen LogP contribution in [0.25, 0.3) is 0 Å². The largest absolute Gasteiger partial charge is 0.337 e. The highest BCUT2D eigenvalue weighted by Gasteiger charge is 2.39. The fourth-order valence-corrected chi connectivity index (χ4v) is 2.86. The number of hydrogen-bond donors (Lipinski definition) is 1. The molecule has 2 unspecified atom stereocenters. The van der Waals surface area contributed by atoms with Crippen LogP contribution in [0.15, 0.2) is 0 Å². The topological polar surface area (TPSA) is 32.3 Å². The lowest BCUT2D eigenvalue weighted by Crippen LogP contribution is -2.60. The Labute approximate surface area is 111 Å². The average molecular weight is 252 g/mol. The van der Waals surface area contributed by atoms with Crippen molar-refractivity contribution in [3.05, 3.63) is 0 Å². The summed E-state index contributed by atoms with van der Waals surface area (Å²) < 4.78 is 0. The first-order chi connectivity index (χ1) is 8.49. The molecule has 1 aliphatic heterocycles. The van der Waals surface area contributed by atoms with Gasteiger partial charge in [0.25, 0.3) is 0 Å². The van der Waals surface area contributed by atoms with Crippen LogP contribution in [-0.2, 0) is 4.79 Å². The molecule has 0 aromatic rings. The number of amides is 1. The van der Waals surface area contributed by atoms with Crippen molar-refractivity contribution >= 4 is 5.91 Å². The molecule has 104 valence electrons. The van der Waals surface area contributed by atoms with E-state index in [1.165, 1.54) is 0 Å². The molecular weight excluding hydrogens is 224 g/mol. The lowest BCUT2D eigenvalue weighted by atomic mass is 9.94. The number of carbonyl (C=O) groups excluding carboxylic acids is 1.